The summed E-state index contributed by atoms with van der Waals surface area (Å²) in [5.41, 5.74) is 8.90. The van der Waals surface area contributed by atoms with Crippen molar-refractivity contribution in [3.8, 4) is 0 Å². The predicted molar refractivity (Wildman–Crippen MR) is 73.7 cm³/mol. The molecule has 1 unspecified atom stereocenters. The van der Waals surface area contributed by atoms with Gasteiger partial charge in [0.15, 0.2) is 0 Å². The first-order valence-electron chi connectivity index (χ1n) is 5.69. The number of hydrogen-bond acceptors (Lipinski definition) is 2. The second-order valence-corrected chi connectivity index (χ2v) is 5.11. The van der Waals surface area contributed by atoms with E-state index in [-0.39, 0.29) is 11.9 Å². The Hall–Kier alpha value is -1.26. The maximum Gasteiger partial charge on any atom is 0.123 e. The molecule has 1 atom stereocenters. The molecule has 2 rings (SSSR count). The highest BCUT2D eigenvalue weighted by Crippen LogP contribution is 2.23. The van der Waals surface area contributed by atoms with E-state index < -0.39 is 0 Å². The maximum atomic E-state index is 13.2. The third-order valence-corrected chi connectivity index (χ3v) is 3.62. The summed E-state index contributed by atoms with van der Waals surface area (Å²) in [4.78, 5) is 4.29. The lowest BCUT2D eigenvalue weighted by molar-refractivity contribution is 0.619. The first-order chi connectivity index (χ1) is 8.58. The predicted octanol–water partition coefficient (Wildman–Crippen LogP) is 3.53. The van der Waals surface area contributed by atoms with E-state index in [4.69, 9.17) is 5.73 Å². The molecule has 0 spiro atoms. The lowest BCUT2D eigenvalue weighted by Crippen LogP contribution is -2.16. The van der Waals surface area contributed by atoms with Gasteiger partial charge in [-0.25, -0.2) is 4.39 Å². The van der Waals surface area contributed by atoms with Crippen LogP contribution in [0.3, 0.4) is 0 Å². The molecule has 0 aliphatic heterocycles. The Morgan fingerprint density at radius 2 is 2.17 bits per heavy atom. The van der Waals surface area contributed by atoms with Gasteiger partial charge in [0.05, 0.1) is 11.7 Å². The molecule has 1 heterocycles. The molecule has 0 radical (unpaired) electrons. The van der Waals surface area contributed by atoms with Crippen LogP contribution in [0.15, 0.2) is 41.0 Å². The summed E-state index contributed by atoms with van der Waals surface area (Å²) in [6.07, 6.45) is 2.28. The highest BCUT2D eigenvalue weighted by Gasteiger charge is 2.13. The van der Waals surface area contributed by atoms with Gasteiger partial charge in [-0.2, -0.15) is 0 Å². The molecule has 0 aliphatic carbocycles. The van der Waals surface area contributed by atoms with Gasteiger partial charge in [-0.3, -0.25) is 4.98 Å². The fraction of sp³-hybridized carbons (Fsp3) is 0.214. The van der Waals surface area contributed by atoms with Gasteiger partial charge in [0.25, 0.3) is 0 Å². The minimum Gasteiger partial charge on any atom is -0.322 e. The van der Waals surface area contributed by atoms with Gasteiger partial charge in [-0.1, -0.05) is 22.0 Å². The lowest BCUT2D eigenvalue weighted by atomic mass is 10.0. The molecule has 2 aromatic rings. The van der Waals surface area contributed by atoms with E-state index in [0.29, 0.717) is 6.42 Å². The number of nitrogens with two attached hydrogens (primary N) is 1. The first-order valence-corrected chi connectivity index (χ1v) is 6.48. The van der Waals surface area contributed by atoms with Crippen LogP contribution in [0.25, 0.3) is 0 Å². The van der Waals surface area contributed by atoms with Crippen molar-refractivity contribution in [1.82, 2.24) is 4.98 Å². The van der Waals surface area contributed by atoms with Crippen LogP contribution in [-0.2, 0) is 6.42 Å². The van der Waals surface area contributed by atoms with Crippen molar-refractivity contribution in [2.75, 3.05) is 0 Å². The molecule has 94 valence electrons. The van der Waals surface area contributed by atoms with Gasteiger partial charge in [0, 0.05) is 10.7 Å². The molecule has 2 nitrogen and oxygen atoms in total. The Bertz CT molecular complexity index is 557. The lowest BCUT2D eigenvalue weighted by Gasteiger charge is -2.14. The highest BCUT2D eigenvalue weighted by molar-refractivity contribution is 9.10. The normalized spacial score (nSPS) is 12.4. The molecular formula is C14H14BrFN2. The summed E-state index contributed by atoms with van der Waals surface area (Å²) >= 11 is 3.41. The second kappa shape index (κ2) is 5.59. The molecule has 1 aromatic heterocycles. The van der Waals surface area contributed by atoms with Gasteiger partial charge in [0.1, 0.15) is 5.82 Å². The standard InChI is InChI=1S/C14H14BrFN2/c1-9-3-2-6-18-14(9)13(17)8-10-7-11(16)4-5-12(10)15/h2-7,13H,8,17H2,1H3. The fourth-order valence-corrected chi connectivity index (χ4v) is 2.33. The summed E-state index contributed by atoms with van der Waals surface area (Å²) in [6.45, 7) is 1.98. The van der Waals surface area contributed by atoms with Gasteiger partial charge < -0.3 is 5.73 Å². The van der Waals surface area contributed by atoms with Crippen molar-refractivity contribution in [2.24, 2.45) is 5.73 Å². The molecule has 0 bridgehead atoms. The first kappa shape index (κ1) is 13.2. The number of nitrogens with zero attached hydrogens (tertiary/aromatic N) is 1. The van der Waals surface area contributed by atoms with Crippen LogP contribution < -0.4 is 5.73 Å². The molecule has 1 aromatic carbocycles. The quantitative estimate of drug-likeness (QED) is 0.942. The van der Waals surface area contributed by atoms with Crippen LogP contribution in [0, 0.1) is 12.7 Å². The van der Waals surface area contributed by atoms with Crippen LogP contribution in [-0.4, -0.2) is 4.98 Å². The minimum absolute atomic E-state index is 0.232. The zero-order chi connectivity index (χ0) is 13.1. The number of pyridine rings is 1. The average Bonchev–Trinajstić information content (AvgIpc) is 2.34. The highest BCUT2D eigenvalue weighted by atomic mass is 79.9. The van der Waals surface area contributed by atoms with Gasteiger partial charge in [0.2, 0.25) is 0 Å². The van der Waals surface area contributed by atoms with E-state index in [2.05, 4.69) is 20.9 Å². The van der Waals surface area contributed by atoms with Crippen molar-refractivity contribution < 1.29 is 4.39 Å². The second-order valence-electron chi connectivity index (χ2n) is 4.25. The molecule has 0 saturated heterocycles. The molecule has 0 amide bonds. The number of benzene rings is 1. The molecule has 0 saturated carbocycles. The summed E-state index contributed by atoms with van der Waals surface area (Å²) < 4.78 is 14.1. The van der Waals surface area contributed by atoms with Gasteiger partial charge in [-0.05, 0) is 48.7 Å². The summed E-state index contributed by atoms with van der Waals surface area (Å²) in [7, 11) is 0. The van der Waals surface area contributed by atoms with Crippen LogP contribution in [0.5, 0.6) is 0 Å². The zero-order valence-corrected chi connectivity index (χ0v) is 11.6. The Balaban J connectivity index is 2.24. The van der Waals surface area contributed by atoms with E-state index in [0.717, 1.165) is 21.3 Å². The van der Waals surface area contributed by atoms with E-state index in [1.54, 1.807) is 12.3 Å². The van der Waals surface area contributed by atoms with Crippen molar-refractivity contribution in [1.29, 1.82) is 0 Å². The molecule has 4 heteroatoms. The van der Waals surface area contributed by atoms with E-state index in [1.807, 2.05) is 19.1 Å². The third kappa shape index (κ3) is 2.94. The SMILES string of the molecule is Cc1cccnc1C(N)Cc1cc(F)ccc1Br. The molecule has 2 N–H and O–H groups in total. The van der Waals surface area contributed by atoms with E-state index in [1.165, 1.54) is 12.1 Å². The van der Waals surface area contributed by atoms with Crippen molar-refractivity contribution in [3.63, 3.8) is 0 Å². The fourth-order valence-electron chi connectivity index (χ4n) is 1.92. The Kier molecular flexibility index (Phi) is 4.09. The van der Waals surface area contributed by atoms with Gasteiger partial charge in [-0.15, -0.1) is 0 Å². The summed E-state index contributed by atoms with van der Waals surface area (Å²) in [5, 5.41) is 0. The Labute approximate surface area is 114 Å². The van der Waals surface area contributed by atoms with Gasteiger partial charge >= 0.3 is 0 Å². The third-order valence-electron chi connectivity index (χ3n) is 2.85. The number of halogens is 2. The van der Waals surface area contributed by atoms with Crippen LogP contribution in [0.1, 0.15) is 22.9 Å². The summed E-state index contributed by atoms with van der Waals surface area (Å²) in [5.74, 6) is -0.252. The number of hydrogen-bond donors (Lipinski definition) is 1. The number of aromatic nitrogens is 1. The molecule has 18 heavy (non-hydrogen) atoms. The van der Waals surface area contributed by atoms with E-state index in [9.17, 15) is 4.39 Å². The van der Waals surface area contributed by atoms with Crippen molar-refractivity contribution in [2.45, 2.75) is 19.4 Å². The Morgan fingerprint density at radius 3 is 2.89 bits per heavy atom. The molecule has 0 aliphatic rings. The summed E-state index contributed by atoms with van der Waals surface area (Å²) in [6, 6.07) is 8.24. The smallest absolute Gasteiger partial charge is 0.123 e. The number of rotatable bonds is 3. The topological polar surface area (TPSA) is 38.9 Å². The van der Waals surface area contributed by atoms with Crippen LogP contribution >= 0.6 is 15.9 Å². The maximum absolute atomic E-state index is 13.2. The van der Waals surface area contributed by atoms with E-state index >= 15 is 0 Å². The van der Waals surface area contributed by atoms with Crippen LogP contribution in [0.4, 0.5) is 4.39 Å². The Morgan fingerprint density at radius 1 is 1.39 bits per heavy atom. The number of aryl methyl sites for hydroxylation is 1. The van der Waals surface area contributed by atoms with Crippen molar-refractivity contribution >= 4 is 15.9 Å². The average molecular weight is 309 g/mol. The molecular weight excluding hydrogens is 295 g/mol. The largest absolute Gasteiger partial charge is 0.322 e. The zero-order valence-electron chi connectivity index (χ0n) is 10.0. The van der Waals surface area contributed by atoms with Crippen molar-refractivity contribution in [3.05, 3.63) is 63.6 Å². The van der Waals surface area contributed by atoms with Crippen LogP contribution in [0.2, 0.25) is 0 Å². The monoisotopic (exact) mass is 308 g/mol. The molecule has 0 fully saturated rings. The minimum atomic E-state index is -0.252.